The van der Waals surface area contributed by atoms with Crippen LogP contribution < -0.4 is 10.8 Å². The van der Waals surface area contributed by atoms with Crippen LogP contribution in [-0.2, 0) is 19.3 Å². The summed E-state index contributed by atoms with van der Waals surface area (Å²) >= 11 is 0. The Kier molecular flexibility index (Phi) is 5.39. The molecule has 3 heterocycles. The van der Waals surface area contributed by atoms with Crippen molar-refractivity contribution in [2.45, 2.75) is 44.2 Å². The monoisotopic (exact) mass is 372 g/mol. The van der Waals surface area contributed by atoms with Gasteiger partial charge in [-0.05, 0) is 31.9 Å². The van der Waals surface area contributed by atoms with Crippen LogP contribution in [0, 0.1) is 0 Å². The Morgan fingerprint density at radius 3 is 2.96 bits per heavy atom. The number of hydroxylamine groups is 3. The van der Waals surface area contributed by atoms with E-state index >= 15 is 0 Å². The second-order valence-electron chi connectivity index (χ2n) is 6.47. The lowest BCUT2D eigenvalue weighted by atomic mass is 10.0. The third kappa shape index (κ3) is 3.64. The number of carbonyl (C=O) groups excluding carboxylic acids is 2. The average molecular weight is 372 g/mol. The predicted molar refractivity (Wildman–Crippen MR) is 84.0 cm³/mol. The third-order valence-corrected chi connectivity index (χ3v) is 4.59. The van der Waals surface area contributed by atoms with E-state index in [1.165, 1.54) is 4.90 Å². The summed E-state index contributed by atoms with van der Waals surface area (Å²) in [6.07, 6.45) is 0.934. The molecule has 3 rings (SSSR count). The van der Waals surface area contributed by atoms with Gasteiger partial charge in [-0.2, -0.15) is 5.06 Å². The summed E-state index contributed by atoms with van der Waals surface area (Å²) in [4.78, 5) is 46.4. The Hall–Kier alpha value is -2.24. The number of hydrogen-bond acceptors (Lipinski definition) is 6. The van der Waals surface area contributed by atoms with E-state index < -0.39 is 36.3 Å². The van der Waals surface area contributed by atoms with E-state index in [9.17, 15) is 18.8 Å². The summed E-state index contributed by atoms with van der Waals surface area (Å²) in [6.45, 7) is 2.97. The molecular weight excluding hydrogens is 351 g/mol. The van der Waals surface area contributed by atoms with Crippen LogP contribution in [0.5, 0.6) is 0 Å². The van der Waals surface area contributed by atoms with E-state index in [0.29, 0.717) is 17.2 Å². The molecule has 0 spiro atoms. The molecule has 3 aliphatic rings. The molecule has 0 unspecified atom stereocenters. The van der Waals surface area contributed by atoms with Gasteiger partial charge in [-0.1, -0.05) is 6.08 Å². The molecule has 2 fully saturated rings. The van der Waals surface area contributed by atoms with Crippen molar-refractivity contribution in [3.8, 4) is 0 Å². The largest absolute Gasteiger partial charge is 0.477 e. The maximum Gasteiger partial charge on any atom is 0.368 e. The minimum atomic E-state index is -2.66. The fourth-order valence-corrected chi connectivity index (χ4v) is 3.38. The number of urea groups is 1. The van der Waals surface area contributed by atoms with Crippen molar-refractivity contribution in [1.29, 1.82) is 0 Å². The molecule has 0 aliphatic carbocycles. The fourth-order valence-electron chi connectivity index (χ4n) is 3.38. The molecule has 2 bridgehead atoms. The lowest BCUT2D eigenvalue weighted by Crippen LogP contribution is -2.50. The van der Waals surface area contributed by atoms with E-state index in [-0.39, 0.29) is 12.6 Å². The number of carboxylic acids is 1. The minimum Gasteiger partial charge on any atom is -0.477 e. The molecule has 0 aromatic heterocycles. The van der Waals surface area contributed by atoms with Gasteiger partial charge in [0, 0.05) is 6.04 Å². The number of aliphatic carboxylic acids is 1. The van der Waals surface area contributed by atoms with Crippen LogP contribution in [0.1, 0.15) is 19.8 Å². The number of rotatable bonds is 7. The van der Waals surface area contributed by atoms with Crippen LogP contribution in [-0.4, -0.2) is 77.2 Å². The van der Waals surface area contributed by atoms with Gasteiger partial charge >= 0.3 is 18.4 Å². The van der Waals surface area contributed by atoms with Gasteiger partial charge < -0.3 is 15.3 Å². The highest BCUT2D eigenvalue weighted by Gasteiger charge is 2.48. The zero-order valence-corrected chi connectivity index (χ0v) is 14.2. The summed E-state index contributed by atoms with van der Waals surface area (Å²) in [5, 5.41) is 12.5. The van der Waals surface area contributed by atoms with Crippen molar-refractivity contribution in [1.82, 2.24) is 20.8 Å². The number of halogens is 1. The smallest absolute Gasteiger partial charge is 0.368 e. The van der Waals surface area contributed by atoms with E-state index in [1.54, 1.807) is 13.0 Å². The highest BCUT2D eigenvalue weighted by atomic mass is 19.1. The molecule has 10 nitrogen and oxygen atoms in total. The molecule has 4 atom stereocenters. The van der Waals surface area contributed by atoms with E-state index in [0.717, 1.165) is 19.4 Å². The van der Waals surface area contributed by atoms with Crippen LogP contribution in [0.2, 0.25) is 0 Å². The van der Waals surface area contributed by atoms with Crippen molar-refractivity contribution in [3.05, 3.63) is 11.6 Å². The first-order valence-corrected chi connectivity index (χ1v) is 8.35. The van der Waals surface area contributed by atoms with Crippen LogP contribution in [0.15, 0.2) is 11.6 Å². The van der Waals surface area contributed by atoms with Gasteiger partial charge in [0.05, 0.1) is 19.2 Å². The van der Waals surface area contributed by atoms with Crippen molar-refractivity contribution in [2.24, 2.45) is 0 Å². The van der Waals surface area contributed by atoms with Crippen molar-refractivity contribution < 1.29 is 33.6 Å². The molecule has 2 saturated heterocycles. The number of amides is 3. The molecule has 26 heavy (non-hydrogen) atoms. The molecule has 3 aliphatic heterocycles. The van der Waals surface area contributed by atoms with E-state index in [4.69, 9.17) is 9.94 Å². The van der Waals surface area contributed by atoms with Crippen LogP contribution in [0.4, 0.5) is 9.18 Å². The normalized spacial score (nSPS) is 28.9. The Bertz CT molecular complexity index is 623. The maximum absolute atomic E-state index is 13.3. The van der Waals surface area contributed by atoms with Gasteiger partial charge in [0.2, 0.25) is 0 Å². The number of nitrogens with one attached hydrogen (secondary N) is 2. The molecule has 0 radical (unpaired) electrons. The average Bonchev–Trinajstić information content (AvgIpc) is 3.18. The first-order chi connectivity index (χ1) is 12.4. The Labute approximate surface area is 148 Å². The number of alkyl halides is 1. The molecule has 0 saturated carbocycles. The number of carboxylic acid groups (broad SMARTS) is 1. The minimum absolute atomic E-state index is 0.0881. The molecule has 3 N–H and O–H groups in total. The van der Waals surface area contributed by atoms with Crippen LogP contribution in [0.3, 0.4) is 0 Å². The molecule has 144 valence electrons. The van der Waals surface area contributed by atoms with E-state index in [2.05, 4.69) is 15.6 Å². The Balaban J connectivity index is 1.60. The van der Waals surface area contributed by atoms with Crippen molar-refractivity contribution in [2.75, 3.05) is 19.7 Å². The fraction of sp³-hybridized carbons (Fsp3) is 0.667. The molecule has 0 aromatic rings. The summed E-state index contributed by atoms with van der Waals surface area (Å²) in [5.74, 6) is -2.36. The second-order valence-corrected chi connectivity index (χ2v) is 6.47. The molecule has 11 heteroatoms. The van der Waals surface area contributed by atoms with Crippen molar-refractivity contribution in [3.63, 3.8) is 0 Å². The summed E-state index contributed by atoms with van der Waals surface area (Å²) in [7, 11) is 0. The van der Waals surface area contributed by atoms with Gasteiger partial charge in [0.25, 0.3) is 5.91 Å². The van der Waals surface area contributed by atoms with Gasteiger partial charge in [0.1, 0.15) is 6.04 Å². The standard InChI is InChI=1S/C15H21FN4O6/c1-8-5-10-6-19(15(24)20(10)26-12(16)14(22)23)11(8)13(21)18-25-7-9-3-2-4-17-9/h5,9-12,17H,2-4,6-7H2,1H3,(H,18,21)(H,22,23)/t9-,10+,11-,12+/m0/s1. The molecular formula is C15H21FN4O6. The summed E-state index contributed by atoms with van der Waals surface area (Å²) in [5.41, 5.74) is 2.91. The first kappa shape index (κ1) is 18.5. The van der Waals surface area contributed by atoms with Gasteiger partial charge in [-0.15, -0.1) is 0 Å². The highest BCUT2D eigenvalue weighted by Crippen LogP contribution is 2.30. The predicted octanol–water partition coefficient (Wildman–Crippen LogP) is -0.467. The molecule has 0 aromatic carbocycles. The zero-order valence-electron chi connectivity index (χ0n) is 14.2. The topological polar surface area (TPSA) is 120 Å². The van der Waals surface area contributed by atoms with Gasteiger partial charge in [0.15, 0.2) is 0 Å². The Morgan fingerprint density at radius 1 is 1.54 bits per heavy atom. The summed E-state index contributed by atoms with van der Waals surface area (Å²) in [6, 6.07) is -2.18. The SMILES string of the molecule is CC1=C[C@@H]2CN(C(=O)N2O[C@@H](F)C(=O)O)[C@@H]1C(=O)NOC[C@@H]1CCCN1. The lowest BCUT2D eigenvalue weighted by Gasteiger charge is -2.29. The second kappa shape index (κ2) is 7.56. The number of carbonyl (C=O) groups is 3. The highest BCUT2D eigenvalue weighted by molar-refractivity contribution is 5.91. The summed E-state index contributed by atoms with van der Waals surface area (Å²) < 4.78 is 13.3. The van der Waals surface area contributed by atoms with Crippen molar-refractivity contribution >= 4 is 17.9 Å². The van der Waals surface area contributed by atoms with Gasteiger partial charge in [-0.25, -0.2) is 24.3 Å². The van der Waals surface area contributed by atoms with Crippen LogP contribution in [0.25, 0.3) is 0 Å². The maximum atomic E-state index is 13.3. The lowest BCUT2D eigenvalue weighted by molar-refractivity contribution is -0.219. The molecule has 3 amide bonds. The van der Waals surface area contributed by atoms with Gasteiger partial charge in [-0.3, -0.25) is 9.63 Å². The van der Waals surface area contributed by atoms with Crippen LogP contribution >= 0.6 is 0 Å². The number of hydrogen-bond donors (Lipinski definition) is 3. The number of nitrogens with zero attached hydrogens (tertiary/aromatic N) is 2. The number of fused-ring (bicyclic) bond motifs is 2. The Morgan fingerprint density at radius 2 is 2.31 bits per heavy atom. The quantitative estimate of drug-likeness (QED) is 0.408. The first-order valence-electron chi connectivity index (χ1n) is 8.35. The third-order valence-electron chi connectivity index (χ3n) is 4.59. The van der Waals surface area contributed by atoms with E-state index in [1.807, 2.05) is 0 Å². The zero-order chi connectivity index (χ0) is 18.8.